The van der Waals surface area contributed by atoms with Crippen LogP contribution >= 0.6 is 15.9 Å². The average molecular weight is 334 g/mol. The third kappa shape index (κ3) is 3.25. The number of nitrogens with zero attached hydrogens (tertiary/aromatic N) is 1. The standard InChI is InChI=1S/C16H16BrNO2/c1-3-7-20-13-8-12(9-18-10-13)16(19)14-5-4-6-15(17)11(14)2/h4-6,8-10H,3,7H2,1-2H3. The lowest BCUT2D eigenvalue weighted by atomic mass is 10.0. The topological polar surface area (TPSA) is 39.2 Å². The van der Waals surface area contributed by atoms with Crippen molar-refractivity contribution >= 4 is 21.7 Å². The Morgan fingerprint density at radius 1 is 1.35 bits per heavy atom. The third-order valence-corrected chi connectivity index (χ3v) is 3.82. The van der Waals surface area contributed by atoms with Crippen LogP contribution in [0.2, 0.25) is 0 Å². The van der Waals surface area contributed by atoms with E-state index in [-0.39, 0.29) is 5.78 Å². The van der Waals surface area contributed by atoms with Gasteiger partial charge in [0, 0.05) is 21.8 Å². The monoisotopic (exact) mass is 333 g/mol. The summed E-state index contributed by atoms with van der Waals surface area (Å²) in [5, 5.41) is 0. The van der Waals surface area contributed by atoms with Crippen LogP contribution in [-0.4, -0.2) is 17.4 Å². The van der Waals surface area contributed by atoms with Gasteiger partial charge in [0.1, 0.15) is 5.75 Å². The van der Waals surface area contributed by atoms with Crippen LogP contribution in [0.3, 0.4) is 0 Å². The van der Waals surface area contributed by atoms with Gasteiger partial charge in [0.05, 0.1) is 12.8 Å². The van der Waals surface area contributed by atoms with Crippen molar-refractivity contribution in [2.45, 2.75) is 20.3 Å². The number of carbonyl (C=O) groups excluding carboxylic acids is 1. The second-order valence-corrected chi connectivity index (χ2v) is 5.35. The van der Waals surface area contributed by atoms with Crippen LogP contribution in [-0.2, 0) is 0 Å². The van der Waals surface area contributed by atoms with Crippen LogP contribution in [0.4, 0.5) is 0 Å². The highest BCUT2D eigenvalue weighted by Gasteiger charge is 2.14. The minimum absolute atomic E-state index is 0.0433. The Labute approximate surface area is 127 Å². The van der Waals surface area contributed by atoms with Crippen molar-refractivity contribution in [1.29, 1.82) is 0 Å². The lowest BCUT2D eigenvalue weighted by molar-refractivity contribution is 0.103. The molecule has 104 valence electrons. The Balaban J connectivity index is 2.31. The molecule has 1 heterocycles. The van der Waals surface area contributed by atoms with Gasteiger partial charge >= 0.3 is 0 Å². The minimum atomic E-state index is -0.0433. The summed E-state index contributed by atoms with van der Waals surface area (Å²) in [5.41, 5.74) is 2.14. The number of rotatable bonds is 5. The lowest BCUT2D eigenvalue weighted by Crippen LogP contribution is -2.05. The van der Waals surface area contributed by atoms with E-state index in [0.717, 1.165) is 16.5 Å². The van der Waals surface area contributed by atoms with Crippen molar-refractivity contribution in [2.75, 3.05) is 6.61 Å². The van der Waals surface area contributed by atoms with Gasteiger partial charge in [-0.05, 0) is 31.0 Å². The molecule has 0 spiro atoms. The molecule has 0 N–H and O–H groups in total. The lowest BCUT2D eigenvalue weighted by Gasteiger charge is -2.08. The zero-order valence-corrected chi connectivity index (χ0v) is 13.1. The van der Waals surface area contributed by atoms with E-state index in [1.807, 2.05) is 32.0 Å². The van der Waals surface area contributed by atoms with Crippen LogP contribution in [0.5, 0.6) is 5.75 Å². The molecular weight excluding hydrogens is 318 g/mol. The average Bonchev–Trinajstić information content (AvgIpc) is 2.47. The van der Waals surface area contributed by atoms with Crippen molar-refractivity contribution in [3.63, 3.8) is 0 Å². The molecule has 0 atom stereocenters. The van der Waals surface area contributed by atoms with Crippen molar-refractivity contribution in [3.8, 4) is 5.75 Å². The molecule has 1 aromatic carbocycles. The van der Waals surface area contributed by atoms with E-state index in [4.69, 9.17) is 4.74 Å². The molecule has 20 heavy (non-hydrogen) atoms. The molecule has 0 aliphatic rings. The van der Waals surface area contributed by atoms with E-state index in [2.05, 4.69) is 20.9 Å². The van der Waals surface area contributed by atoms with Gasteiger partial charge in [-0.15, -0.1) is 0 Å². The molecule has 0 aliphatic carbocycles. The highest BCUT2D eigenvalue weighted by Crippen LogP contribution is 2.23. The summed E-state index contributed by atoms with van der Waals surface area (Å²) in [7, 11) is 0. The van der Waals surface area contributed by atoms with Gasteiger partial charge in [-0.25, -0.2) is 0 Å². The van der Waals surface area contributed by atoms with Crippen molar-refractivity contribution in [1.82, 2.24) is 4.98 Å². The number of aromatic nitrogens is 1. The largest absolute Gasteiger partial charge is 0.492 e. The smallest absolute Gasteiger partial charge is 0.195 e. The number of benzene rings is 1. The molecular formula is C16H16BrNO2. The second kappa shape index (κ2) is 6.66. The Hall–Kier alpha value is -1.68. The molecule has 0 fully saturated rings. The fourth-order valence-electron chi connectivity index (χ4n) is 1.85. The van der Waals surface area contributed by atoms with Crippen LogP contribution in [0.25, 0.3) is 0 Å². The molecule has 2 rings (SSSR count). The maximum absolute atomic E-state index is 12.5. The number of hydrogen-bond acceptors (Lipinski definition) is 3. The van der Waals surface area contributed by atoms with Gasteiger partial charge in [0.15, 0.2) is 5.78 Å². The molecule has 0 saturated heterocycles. The Kier molecular flexibility index (Phi) is 4.90. The van der Waals surface area contributed by atoms with Crippen LogP contribution in [0.15, 0.2) is 41.1 Å². The zero-order chi connectivity index (χ0) is 14.5. The van der Waals surface area contributed by atoms with Gasteiger partial charge in [-0.2, -0.15) is 0 Å². The summed E-state index contributed by atoms with van der Waals surface area (Å²) >= 11 is 3.44. The third-order valence-electron chi connectivity index (χ3n) is 2.96. The van der Waals surface area contributed by atoms with Crippen LogP contribution in [0.1, 0.15) is 34.8 Å². The van der Waals surface area contributed by atoms with E-state index < -0.39 is 0 Å². The summed E-state index contributed by atoms with van der Waals surface area (Å²) in [6.07, 6.45) is 4.12. The van der Waals surface area contributed by atoms with Gasteiger partial charge in [-0.3, -0.25) is 9.78 Å². The molecule has 0 radical (unpaired) electrons. The molecule has 4 heteroatoms. The normalized spacial score (nSPS) is 10.3. The first-order chi connectivity index (χ1) is 9.63. The number of ether oxygens (including phenoxy) is 1. The van der Waals surface area contributed by atoms with E-state index in [1.165, 1.54) is 0 Å². The van der Waals surface area contributed by atoms with E-state index >= 15 is 0 Å². The maximum atomic E-state index is 12.5. The zero-order valence-electron chi connectivity index (χ0n) is 11.5. The fraction of sp³-hybridized carbons (Fsp3) is 0.250. The first kappa shape index (κ1) is 14.7. The predicted octanol–water partition coefficient (Wildman–Crippen LogP) is 4.17. The van der Waals surface area contributed by atoms with Crippen molar-refractivity contribution < 1.29 is 9.53 Å². The first-order valence-corrected chi connectivity index (χ1v) is 7.30. The molecule has 3 nitrogen and oxygen atoms in total. The summed E-state index contributed by atoms with van der Waals surface area (Å²) in [6, 6.07) is 7.34. The summed E-state index contributed by atoms with van der Waals surface area (Å²) in [4.78, 5) is 16.6. The van der Waals surface area contributed by atoms with Crippen LogP contribution in [0, 0.1) is 6.92 Å². The number of pyridine rings is 1. The minimum Gasteiger partial charge on any atom is -0.492 e. The number of carbonyl (C=O) groups is 1. The molecule has 2 aromatic rings. The summed E-state index contributed by atoms with van der Waals surface area (Å²) in [5.74, 6) is 0.587. The Morgan fingerprint density at radius 3 is 2.90 bits per heavy atom. The van der Waals surface area contributed by atoms with E-state index in [1.54, 1.807) is 18.5 Å². The summed E-state index contributed by atoms with van der Waals surface area (Å²) < 4.78 is 6.44. The SMILES string of the molecule is CCCOc1cncc(C(=O)c2cccc(Br)c2C)c1. The van der Waals surface area contributed by atoms with Gasteiger partial charge in [0.2, 0.25) is 0 Å². The first-order valence-electron chi connectivity index (χ1n) is 6.51. The second-order valence-electron chi connectivity index (χ2n) is 4.50. The maximum Gasteiger partial charge on any atom is 0.195 e. The molecule has 0 saturated carbocycles. The van der Waals surface area contributed by atoms with Gasteiger partial charge in [-0.1, -0.05) is 35.0 Å². The molecule has 0 bridgehead atoms. The predicted molar refractivity (Wildman–Crippen MR) is 82.3 cm³/mol. The molecule has 0 amide bonds. The number of ketones is 1. The molecule has 0 unspecified atom stereocenters. The van der Waals surface area contributed by atoms with E-state index in [0.29, 0.717) is 23.5 Å². The van der Waals surface area contributed by atoms with E-state index in [9.17, 15) is 4.79 Å². The highest BCUT2D eigenvalue weighted by molar-refractivity contribution is 9.10. The fourth-order valence-corrected chi connectivity index (χ4v) is 2.22. The number of halogens is 1. The Bertz CT molecular complexity index is 626. The highest BCUT2D eigenvalue weighted by atomic mass is 79.9. The van der Waals surface area contributed by atoms with Gasteiger partial charge < -0.3 is 4.74 Å². The van der Waals surface area contributed by atoms with Crippen LogP contribution < -0.4 is 4.74 Å². The number of hydrogen-bond donors (Lipinski definition) is 0. The van der Waals surface area contributed by atoms with Crippen molar-refractivity contribution in [3.05, 3.63) is 57.8 Å². The summed E-state index contributed by atoms with van der Waals surface area (Å²) in [6.45, 7) is 4.57. The van der Waals surface area contributed by atoms with Crippen molar-refractivity contribution in [2.24, 2.45) is 0 Å². The quantitative estimate of drug-likeness (QED) is 0.771. The van der Waals surface area contributed by atoms with Gasteiger partial charge in [0.25, 0.3) is 0 Å². The molecule has 0 aliphatic heterocycles. The Morgan fingerprint density at radius 2 is 2.15 bits per heavy atom. The molecule has 1 aromatic heterocycles.